The molecule has 0 spiro atoms. The Balaban J connectivity index is 1.46. The van der Waals surface area contributed by atoms with Gasteiger partial charge in [-0.15, -0.1) is 6.42 Å². The average Bonchev–Trinajstić information content (AvgIpc) is 3.70. The van der Waals surface area contributed by atoms with Crippen LogP contribution in [0.15, 0.2) is 18.3 Å². The molecule has 1 fully saturated rings. The maximum Gasteiger partial charge on any atom is 0.407 e. The first-order valence-electron chi connectivity index (χ1n) is 15.2. The van der Waals surface area contributed by atoms with E-state index in [1.165, 1.54) is 0 Å². The first-order chi connectivity index (χ1) is 21.1. The predicted octanol–water partition coefficient (Wildman–Crippen LogP) is 3.56. The zero-order chi connectivity index (χ0) is 32.0. The molecule has 2 N–H and O–H groups in total. The molecule has 0 radical (unpaired) electrons. The molecule has 2 aromatic rings. The highest BCUT2D eigenvalue weighted by Gasteiger charge is 2.32. The molecule has 3 rings (SSSR count). The topological polar surface area (TPSA) is 140 Å². The molecule has 1 saturated carbocycles. The van der Waals surface area contributed by atoms with Crippen molar-refractivity contribution in [1.82, 2.24) is 24.9 Å². The molecule has 13 nitrogen and oxygen atoms in total. The number of carbonyl (C=O) groups is 2. The lowest BCUT2D eigenvalue weighted by molar-refractivity contribution is 0.000192. The van der Waals surface area contributed by atoms with Gasteiger partial charge in [0.1, 0.15) is 24.2 Å². The van der Waals surface area contributed by atoms with Crippen LogP contribution in [0.2, 0.25) is 0 Å². The number of hydrogen-bond acceptors (Lipinski definition) is 9. The Hall–Kier alpha value is -3.44. The summed E-state index contributed by atoms with van der Waals surface area (Å²) in [6.07, 6.45) is 8.45. The lowest BCUT2D eigenvalue weighted by atomic mass is 10.0. The highest BCUT2D eigenvalue weighted by molar-refractivity contribution is 6.02. The molecule has 44 heavy (non-hydrogen) atoms. The van der Waals surface area contributed by atoms with Gasteiger partial charge in [-0.1, -0.05) is 5.92 Å². The fraction of sp³-hybridized carbons (Fsp3) is 0.677. The summed E-state index contributed by atoms with van der Waals surface area (Å²) in [5.41, 5.74) is 0.920. The van der Waals surface area contributed by atoms with Crippen LogP contribution in [0.3, 0.4) is 0 Å². The van der Waals surface area contributed by atoms with E-state index in [1.807, 2.05) is 45.4 Å². The quantitative estimate of drug-likeness (QED) is 0.190. The zero-order valence-corrected chi connectivity index (χ0v) is 26.7. The second-order valence-electron chi connectivity index (χ2n) is 11.9. The summed E-state index contributed by atoms with van der Waals surface area (Å²) in [6.45, 7) is 13.7. The number of aromatic nitrogens is 4. The summed E-state index contributed by atoms with van der Waals surface area (Å²) < 4.78 is 30.7. The van der Waals surface area contributed by atoms with Crippen molar-refractivity contribution in [2.75, 3.05) is 58.2 Å². The summed E-state index contributed by atoms with van der Waals surface area (Å²) in [7, 11) is 0. The van der Waals surface area contributed by atoms with Crippen LogP contribution in [0.1, 0.15) is 76.0 Å². The van der Waals surface area contributed by atoms with Crippen LogP contribution in [-0.4, -0.2) is 96.6 Å². The molecule has 1 aliphatic carbocycles. The van der Waals surface area contributed by atoms with E-state index in [0.29, 0.717) is 70.7 Å². The summed E-state index contributed by atoms with van der Waals surface area (Å²) in [5.74, 6) is 2.84. The third-order valence-corrected chi connectivity index (χ3v) is 6.79. The largest absolute Gasteiger partial charge is 0.446 e. The molecule has 0 aliphatic heterocycles. The third-order valence-electron chi connectivity index (χ3n) is 6.79. The fourth-order valence-corrected chi connectivity index (χ4v) is 4.76. The lowest BCUT2D eigenvalue weighted by Gasteiger charge is -2.22. The number of nitrogens with zero attached hydrogens (tertiary/aromatic N) is 4. The van der Waals surface area contributed by atoms with Crippen molar-refractivity contribution in [2.45, 2.75) is 84.0 Å². The smallest absolute Gasteiger partial charge is 0.407 e. The summed E-state index contributed by atoms with van der Waals surface area (Å²) in [6, 6.07) is 3.62. The molecule has 0 aromatic carbocycles. The normalized spacial score (nSPS) is 16.7. The van der Waals surface area contributed by atoms with Crippen LogP contribution in [0, 0.1) is 12.3 Å². The van der Waals surface area contributed by atoms with Crippen LogP contribution < -0.4 is 10.6 Å². The van der Waals surface area contributed by atoms with Crippen molar-refractivity contribution in [2.24, 2.45) is 0 Å². The number of anilines is 1. The number of carbonyl (C=O) groups excluding carboxylic acids is 2. The van der Waals surface area contributed by atoms with Gasteiger partial charge in [-0.2, -0.15) is 10.2 Å². The monoisotopic (exact) mass is 616 g/mol. The molecule has 13 heteroatoms. The molecule has 2 aromatic heterocycles. The van der Waals surface area contributed by atoms with Gasteiger partial charge in [0.2, 0.25) is 0 Å². The van der Waals surface area contributed by atoms with Gasteiger partial charge in [-0.3, -0.25) is 9.48 Å². The maximum atomic E-state index is 13.3. The van der Waals surface area contributed by atoms with Gasteiger partial charge >= 0.3 is 6.09 Å². The van der Waals surface area contributed by atoms with Gasteiger partial charge in [0.05, 0.1) is 64.0 Å². The molecule has 2 amide bonds. The highest BCUT2D eigenvalue weighted by Crippen LogP contribution is 2.37. The minimum absolute atomic E-state index is 0.0185. The van der Waals surface area contributed by atoms with E-state index in [2.05, 4.69) is 21.7 Å². The van der Waals surface area contributed by atoms with E-state index in [1.54, 1.807) is 16.9 Å². The van der Waals surface area contributed by atoms with Crippen molar-refractivity contribution < 1.29 is 33.3 Å². The molecule has 1 aliphatic rings. The van der Waals surface area contributed by atoms with Gasteiger partial charge in [0.25, 0.3) is 5.91 Å². The van der Waals surface area contributed by atoms with E-state index < -0.39 is 6.09 Å². The number of alkyl carbamates (subject to hydrolysis) is 1. The van der Waals surface area contributed by atoms with Crippen LogP contribution in [-0.2, 0) is 35.8 Å². The average molecular weight is 617 g/mol. The van der Waals surface area contributed by atoms with E-state index in [4.69, 9.17) is 35.2 Å². The third kappa shape index (κ3) is 11.6. The van der Waals surface area contributed by atoms with Gasteiger partial charge in [-0.25, -0.2) is 9.48 Å². The van der Waals surface area contributed by atoms with Crippen LogP contribution >= 0.6 is 0 Å². The summed E-state index contributed by atoms with van der Waals surface area (Å²) in [4.78, 5) is 25.4. The van der Waals surface area contributed by atoms with Crippen LogP contribution in [0.25, 0.3) is 0 Å². The van der Waals surface area contributed by atoms with Gasteiger partial charge in [0, 0.05) is 24.2 Å². The Labute approximate surface area is 260 Å². The number of amides is 2. The molecule has 0 bridgehead atoms. The standard InChI is InChI=1S/C31H48N6O7/c1-7-13-40-15-17-42-19-20-43-18-16-41-14-12-36-27(10-11-32-36)29(38)34-28-22-26(35-37(28)31(4,5)6)24-8-9-25(21-24)44-30(39)33-23(2)3/h1,10-11,22-25H,8-9,12-21H2,2-6H3,(H,33,39)(H,34,38)/t24-,25+/m1/s1. The zero-order valence-electron chi connectivity index (χ0n) is 26.7. The molecule has 0 unspecified atom stereocenters. The number of hydrogen-bond donors (Lipinski definition) is 2. The number of nitrogens with one attached hydrogen (secondary N) is 2. The minimum atomic E-state index is -0.394. The van der Waals surface area contributed by atoms with E-state index in [0.717, 1.165) is 18.5 Å². The predicted molar refractivity (Wildman–Crippen MR) is 165 cm³/mol. The Morgan fingerprint density at radius 3 is 2.34 bits per heavy atom. The number of ether oxygens (including phenoxy) is 5. The van der Waals surface area contributed by atoms with Gasteiger partial charge in [0.15, 0.2) is 0 Å². The Bertz CT molecular complexity index is 1210. The molecular formula is C31H48N6O7. The van der Waals surface area contributed by atoms with E-state index >= 15 is 0 Å². The Morgan fingerprint density at radius 2 is 1.70 bits per heavy atom. The van der Waals surface area contributed by atoms with Crippen molar-refractivity contribution in [3.8, 4) is 12.3 Å². The van der Waals surface area contributed by atoms with Crippen LogP contribution in [0.5, 0.6) is 0 Å². The summed E-state index contributed by atoms with van der Waals surface area (Å²) >= 11 is 0. The van der Waals surface area contributed by atoms with E-state index in [-0.39, 0.29) is 36.1 Å². The molecule has 2 heterocycles. The van der Waals surface area contributed by atoms with E-state index in [9.17, 15) is 9.59 Å². The van der Waals surface area contributed by atoms with Crippen molar-refractivity contribution >= 4 is 17.8 Å². The molecule has 0 saturated heterocycles. The van der Waals surface area contributed by atoms with Gasteiger partial charge < -0.3 is 34.3 Å². The maximum absolute atomic E-state index is 13.3. The second kappa shape index (κ2) is 17.8. The lowest BCUT2D eigenvalue weighted by Crippen LogP contribution is -2.33. The Morgan fingerprint density at radius 1 is 1.05 bits per heavy atom. The van der Waals surface area contributed by atoms with Gasteiger partial charge in [-0.05, 0) is 59.9 Å². The fourth-order valence-electron chi connectivity index (χ4n) is 4.76. The highest BCUT2D eigenvalue weighted by atomic mass is 16.6. The molecular weight excluding hydrogens is 568 g/mol. The van der Waals surface area contributed by atoms with Crippen LogP contribution in [0.4, 0.5) is 10.6 Å². The summed E-state index contributed by atoms with van der Waals surface area (Å²) in [5, 5.41) is 15.0. The van der Waals surface area contributed by atoms with Crippen molar-refractivity contribution in [3.63, 3.8) is 0 Å². The first kappa shape index (κ1) is 35.0. The molecule has 244 valence electrons. The molecule has 2 atom stereocenters. The van der Waals surface area contributed by atoms with Crippen molar-refractivity contribution in [3.05, 3.63) is 29.7 Å². The Kier molecular flexibility index (Phi) is 14.1. The number of terminal acetylenes is 1. The van der Waals surface area contributed by atoms with Crippen molar-refractivity contribution in [1.29, 1.82) is 0 Å². The minimum Gasteiger partial charge on any atom is -0.446 e. The first-order valence-corrected chi connectivity index (χ1v) is 15.2. The SMILES string of the molecule is C#CCOCCOCCOCCOCCn1nccc1C(=O)Nc1cc([C@@H]2CC[C@H](OC(=O)NC(C)C)C2)nn1C(C)(C)C. The number of rotatable bonds is 18. The second-order valence-corrected chi connectivity index (χ2v) is 11.9.